The zero-order chi connectivity index (χ0) is 26.6. The van der Waals surface area contributed by atoms with Gasteiger partial charge in [0.15, 0.2) is 5.13 Å². The fourth-order valence-corrected chi connectivity index (χ4v) is 8.81. The number of carbonyl (C=O) groups excluding carboxylic acids is 1. The Bertz CT molecular complexity index is 1320. The zero-order valence-electron chi connectivity index (χ0n) is 21.4. The minimum absolute atomic E-state index is 0.162. The highest BCUT2D eigenvalue weighted by Crippen LogP contribution is 2.35. The maximum Gasteiger partial charge on any atom is 0.253 e. The standard InChI is InChI=1S/C25H33ClN4O4S3/c1-4-28(5-2)15-16-29(25-27-19-11-10-18(34-6-3)17-21(19)35-25)24(31)20-9-7-8-14-30(20)37(32,33)23-13-12-22(26)36-23/h10-13,17,20H,4-9,14-16H2,1-3H3. The average molecular weight is 585 g/mol. The maximum absolute atomic E-state index is 14.1. The number of benzene rings is 1. The number of thiazole rings is 1. The van der Waals surface area contributed by atoms with Gasteiger partial charge in [-0.05, 0) is 63.2 Å². The molecule has 0 saturated carbocycles. The number of piperidine rings is 1. The van der Waals surface area contributed by atoms with Crippen LogP contribution in [0.2, 0.25) is 4.34 Å². The summed E-state index contributed by atoms with van der Waals surface area (Å²) in [6.07, 6.45) is 1.97. The Balaban J connectivity index is 1.69. The molecule has 0 spiro atoms. The van der Waals surface area contributed by atoms with Gasteiger partial charge in [-0.3, -0.25) is 9.69 Å². The monoisotopic (exact) mass is 584 g/mol. The molecule has 0 aliphatic carbocycles. The van der Waals surface area contributed by atoms with Crippen molar-refractivity contribution in [3.8, 4) is 5.75 Å². The Morgan fingerprint density at radius 2 is 1.92 bits per heavy atom. The second-order valence-electron chi connectivity index (χ2n) is 8.76. The van der Waals surface area contributed by atoms with Crippen molar-refractivity contribution < 1.29 is 17.9 Å². The van der Waals surface area contributed by atoms with E-state index in [1.54, 1.807) is 11.0 Å². The maximum atomic E-state index is 14.1. The Morgan fingerprint density at radius 3 is 2.59 bits per heavy atom. The summed E-state index contributed by atoms with van der Waals surface area (Å²) < 4.78 is 35.6. The Kier molecular flexibility index (Phi) is 9.47. The van der Waals surface area contributed by atoms with E-state index in [9.17, 15) is 13.2 Å². The number of carbonyl (C=O) groups is 1. The largest absolute Gasteiger partial charge is 0.494 e. The van der Waals surface area contributed by atoms with E-state index in [0.717, 1.165) is 46.8 Å². The van der Waals surface area contributed by atoms with E-state index >= 15 is 0 Å². The molecule has 202 valence electrons. The van der Waals surface area contributed by atoms with Gasteiger partial charge in [0, 0.05) is 19.6 Å². The summed E-state index contributed by atoms with van der Waals surface area (Å²) in [4.78, 5) is 22.8. The second kappa shape index (κ2) is 12.4. The number of rotatable bonds is 11. The minimum Gasteiger partial charge on any atom is -0.494 e. The SMILES string of the molecule is CCOc1ccc2nc(N(CCN(CC)CC)C(=O)C3CCCCN3S(=O)(=O)c3ccc(Cl)s3)sc2c1. The number of sulfonamides is 1. The van der Waals surface area contributed by atoms with E-state index in [0.29, 0.717) is 48.6 Å². The van der Waals surface area contributed by atoms with E-state index in [1.165, 1.54) is 21.7 Å². The number of hydrogen-bond donors (Lipinski definition) is 0. The summed E-state index contributed by atoms with van der Waals surface area (Å²) in [5.74, 6) is 0.521. The van der Waals surface area contributed by atoms with Gasteiger partial charge in [0.1, 0.15) is 16.0 Å². The molecule has 0 bridgehead atoms. The van der Waals surface area contributed by atoms with Crippen LogP contribution in [0.4, 0.5) is 5.13 Å². The number of halogens is 1. The van der Waals surface area contributed by atoms with Gasteiger partial charge in [0.2, 0.25) is 5.91 Å². The van der Waals surface area contributed by atoms with Gasteiger partial charge in [0.05, 0.1) is 21.2 Å². The lowest BCUT2D eigenvalue weighted by atomic mass is 10.0. The topological polar surface area (TPSA) is 83.1 Å². The highest BCUT2D eigenvalue weighted by Gasteiger charge is 2.41. The van der Waals surface area contributed by atoms with Crippen LogP contribution in [0.5, 0.6) is 5.75 Å². The highest BCUT2D eigenvalue weighted by atomic mass is 35.5. The molecule has 3 aromatic rings. The van der Waals surface area contributed by atoms with Crippen molar-refractivity contribution in [3.05, 3.63) is 34.7 Å². The van der Waals surface area contributed by atoms with Crippen molar-refractivity contribution in [2.45, 2.75) is 50.3 Å². The van der Waals surface area contributed by atoms with Crippen LogP contribution in [-0.4, -0.2) is 73.9 Å². The molecule has 1 aromatic carbocycles. The second-order valence-corrected chi connectivity index (χ2v) is 13.6. The third-order valence-corrected chi connectivity index (χ3v) is 11.2. The highest BCUT2D eigenvalue weighted by molar-refractivity contribution is 7.91. The third-order valence-electron chi connectivity index (χ3n) is 6.54. The molecule has 0 N–H and O–H groups in total. The number of anilines is 1. The molecule has 1 unspecified atom stereocenters. The lowest BCUT2D eigenvalue weighted by Gasteiger charge is -2.36. The number of hydrogen-bond acceptors (Lipinski definition) is 8. The van der Waals surface area contributed by atoms with Crippen LogP contribution in [0.1, 0.15) is 40.0 Å². The van der Waals surface area contributed by atoms with E-state index < -0.39 is 16.1 Å². The van der Waals surface area contributed by atoms with Gasteiger partial charge < -0.3 is 9.64 Å². The lowest BCUT2D eigenvalue weighted by Crippen LogP contribution is -2.54. The fourth-order valence-electron chi connectivity index (χ4n) is 4.52. The molecular formula is C25H33ClN4O4S3. The molecule has 4 rings (SSSR count). The van der Waals surface area contributed by atoms with Crippen LogP contribution in [-0.2, 0) is 14.8 Å². The Hall–Kier alpha value is -1.76. The molecular weight excluding hydrogens is 552 g/mol. The summed E-state index contributed by atoms with van der Waals surface area (Å²) in [5, 5.41) is 0.572. The van der Waals surface area contributed by atoms with Gasteiger partial charge in [-0.15, -0.1) is 11.3 Å². The molecule has 2 aromatic heterocycles. The van der Waals surface area contributed by atoms with E-state index in [1.807, 2.05) is 25.1 Å². The predicted octanol–water partition coefficient (Wildman–Crippen LogP) is 5.33. The van der Waals surface area contributed by atoms with Crippen LogP contribution < -0.4 is 9.64 Å². The quantitative estimate of drug-likeness (QED) is 0.303. The van der Waals surface area contributed by atoms with Crippen LogP contribution in [0, 0.1) is 0 Å². The van der Waals surface area contributed by atoms with E-state index in [-0.39, 0.29) is 10.1 Å². The molecule has 1 fully saturated rings. The van der Waals surface area contributed by atoms with Gasteiger partial charge in [-0.2, -0.15) is 4.31 Å². The summed E-state index contributed by atoms with van der Waals surface area (Å²) >= 11 is 8.49. The van der Waals surface area contributed by atoms with Crippen molar-refractivity contribution in [1.29, 1.82) is 0 Å². The summed E-state index contributed by atoms with van der Waals surface area (Å²) in [5.41, 5.74) is 0.783. The van der Waals surface area contributed by atoms with Crippen molar-refractivity contribution in [3.63, 3.8) is 0 Å². The van der Waals surface area contributed by atoms with Crippen molar-refractivity contribution in [2.24, 2.45) is 0 Å². The van der Waals surface area contributed by atoms with E-state index in [4.69, 9.17) is 21.3 Å². The molecule has 12 heteroatoms. The van der Waals surface area contributed by atoms with Gasteiger partial charge >= 0.3 is 0 Å². The number of nitrogens with zero attached hydrogens (tertiary/aromatic N) is 4. The van der Waals surface area contributed by atoms with Gasteiger partial charge in [-0.1, -0.05) is 43.2 Å². The van der Waals surface area contributed by atoms with Crippen molar-refractivity contribution in [2.75, 3.05) is 44.2 Å². The van der Waals surface area contributed by atoms with Crippen LogP contribution in [0.25, 0.3) is 10.2 Å². The average Bonchev–Trinajstić information content (AvgIpc) is 3.53. The predicted molar refractivity (Wildman–Crippen MR) is 152 cm³/mol. The Labute approximate surface area is 231 Å². The molecule has 1 aliphatic heterocycles. The van der Waals surface area contributed by atoms with Gasteiger partial charge in [0.25, 0.3) is 10.0 Å². The van der Waals surface area contributed by atoms with Crippen LogP contribution in [0.15, 0.2) is 34.5 Å². The van der Waals surface area contributed by atoms with Crippen LogP contribution in [0.3, 0.4) is 0 Å². The summed E-state index contributed by atoms with van der Waals surface area (Å²) in [7, 11) is -3.85. The lowest BCUT2D eigenvalue weighted by molar-refractivity contribution is -0.123. The van der Waals surface area contributed by atoms with E-state index in [2.05, 4.69) is 18.7 Å². The molecule has 8 nitrogen and oxygen atoms in total. The first kappa shape index (κ1) is 28.3. The molecule has 3 heterocycles. The van der Waals surface area contributed by atoms with Crippen molar-refractivity contribution >= 4 is 65.6 Å². The van der Waals surface area contributed by atoms with Crippen molar-refractivity contribution in [1.82, 2.24) is 14.2 Å². The number of amides is 1. The Morgan fingerprint density at radius 1 is 1.14 bits per heavy atom. The molecule has 1 atom stereocenters. The molecule has 0 radical (unpaired) electrons. The zero-order valence-corrected chi connectivity index (χ0v) is 24.6. The minimum atomic E-state index is -3.85. The first-order valence-corrected chi connectivity index (χ1v) is 16.1. The molecule has 1 aliphatic rings. The smallest absolute Gasteiger partial charge is 0.253 e. The molecule has 1 amide bonds. The van der Waals surface area contributed by atoms with Crippen LogP contribution >= 0.6 is 34.3 Å². The third kappa shape index (κ3) is 6.29. The number of fused-ring (bicyclic) bond motifs is 1. The molecule has 37 heavy (non-hydrogen) atoms. The fraction of sp³-hybridized carbons (Fsp3) is 0.520. The summed E-state index contributed by atoms with van der Waals surface area (Å²) in [6, 6.07) is 8.01. The number of ether oxygens (including phenoxy) is 1. The number of aromatic nitrogens is 1. The summed E-state index contributed by atoms with van der Waals surface area (Å²) in [6.45, 7) is 9.78. The van der Waals surface area contributed by atoms with Gasteiger partial charge in [-0.25, -0.2) is 13.4 Å². The number of thiophene rings is 1. The normalized spacial score (nSPS) is 16.9. The number of likely N-dealkylation sites (N-methyl/N-ethyl adjacent to an activating group) is 1. The first-order chi connectivity index (χ1) is 17.8. The first-order valence-electron chi connectivity index (χ1n) is 12.6. The molecule has 1 saturated heterocycles.